The third kappa shape index (κ3) is 2.80. The number of sulfonamides is 1. The minimum atomic E-state index is -3.74. The number of hydrogen-bond acceptors (Lipinski definition) is 5. The molecule has 0 unspecified atom stereocenters. The molecule has 2 heterocycles. The molecule has 1 aromatic rings. The highest BCUT2D eigenvalue weighted by molar-refractivity contribution is 7.89. The number of aromatic nitrogens is 1. The highest BCUT2D eigenvalue weighted by Gasteiger charge is 2.24. The van der Waals surface area contributed by atoms with Crippen molar-refractivity contribution in [1.82, 2.24) is 4.98 Å². The van der Waals surface area contributed by atoms with Crippen LogP contribution < -0.4 is 10.0 Å². The quantitative estimate of drug-likeness (QED) is 0.857. The summed E-state index contributed by atoms with van der Waals surface area (Å²) in [5.41, 5.74) is 0. The summed E-state index contributed by atoms with van der Waals surface area (Å²) in [4.78, 5) is 6.17. The molecule has 18 heavy (non-hydrogen) atoms. The van der Waals surface area contributed by atoms with E-state index in [-0.39, 0.29) is 11.0 Å². The van der Waals surface area contributed by atoms with Gasteiger partial charge in [0.1, 0.15) is 10.7 Å². The zero-order chi connectivity index (χ0) is 13.2. The van der Waals surface area contributed by atoms with Gasteiger partial charge in [-0.05, 0) is 25.0 Å². The second kappa shape index (κ2) is 5.21. The number of nitrogens with two attached hydrogens (primary N) is 1. The summed E-state index contributed by atoms with van der Waals surface area (Å²) in [6.45, 7) is 1.44. The van der Waals surface area contributed by atoms with E-state index in [0.717, 1.165) is 25.9 Å². The summed E-state index contributed by atoms with van der Waals surface area (Å²) in [7, 11) is -2.05. The first-order chi connectivity index (χ1) is 8.52. The maximum absolute atomic E-state index is 11.5. The molecule has 0 atom stereocenters. The van der Waals surface area contributed by atoms with Gasteiger partial charge >= 0.3 is 0 Å². The van der Waals surface area contributed by atoms with Crippen LogP contribution in [0.25, 0.3) is 0 Å². The van der Waals surface area contributed by atoms with Crippen molar-refractivity contribution in [1.29, 1.82) is 0 Å². The van der Waals surface area contributed by atoms with Gasteiger partial charge in [-0.2, -0.15) is 0 Å². The number of piperidine rings is 1. The minimum absolute atomic E-state index is 0.0841. The number of nitrogens with zero attached hydrogens (tertiary/aromatic N) is 2. The Balaban J connectivity index is 2.25. The topological polar surface area (TPSA) is 85.5 Å². The number of primary sulfonamides is 1. The maximum atomic E-state index is 11.5. The van der Waals surface area contributed by atoms with Gasteiger partial charge in [0.05, 0.1) is 6.10 Å². The van der Waals surface area contributed by atoms with Gasteiger partial charge in [-0.15, -0.1) is 0 Å². The van der Waals surface area contributed by atoms with Gasteiger partial charge in [-0.3, -0.25) is 0 Å². The molecule has 2 N–H and O–H groups in total. The zero-order valence-electron chi connectivity index (χ0n) is 10.2. The van der Waals surface area contributed by atoms with E-state index in [2.05, 4.69) is 4.98 Å². The van der Waals surface area contributed by atoms with E-state index in [1.54, 1.807) is 19.4 Å². The summed E-state index contributed by atoms with van der Waals surface area (Å²) in [6, 6.07) is 3.06. The zero-order valence-corrected chi connectivity index (χ0v) is 11.1. The molecule has 1 aromatic heterocycles. The SMILES string of the molecule is COC1CCN(c2ncccc2S(N)(=O)=O)CC1. The molecule has 0 aromatic carbocycles. The number of pyridine rings is 1. The van der Waals surface area contributed by atoms with E-state index < -0.39 is 10.0 Å². The maximum Gasteiger partial charge on any atom is 0.241 e. The molecule has 1 saturated heterocycles. The van der Waals surface area contributed by atoms with Crippen molar-refractivity contribution >= 4 is 15.8 Å². The monoisotopic (exact) mass is 271 g/mol. The smallest absolute Gasteiger partial charge is 0.241 e. The molecule has 0 amide bonds. The normalized spacial score (nSPS) is 18.0. The summed E-state index contributed by atoms with van der Waals surface area (Å²) in [5.74, 6) is 0.439. The molecule has 7 heteroatoms. The van der Waals surface area contributed by atoms with Crippen LogP contribution in [0.4, 0.5) is 5.82 Å². The lowest BCUT2D eigenvalue weighted by Crippen LogP contribution is -2.38. The second-order valence-corrected chi connectivity index (χ2v) is 5.82. The third-order valence-corrected chi connectivity index (χ3v) is 4.06. The molecule has 0 saturated carbocycles. The lowest BCUT2D eigenvalue weighted by atomic mass is 10.1. The van der Waals surface area contributed by atoms with E-state index in [4.69, 9.17) is 9.88 Å². The number of hydrogen-bond donors (Lipinski definition) is 1. The van der Waals surface area contributed by atoms with Crippen LogP contribution in [-0.2, 0) is 14.8 Å². The standard InChI is InChI=1S/C11H17N3O3S/c1-17-9-4-7-14(8-5-9)11-10(18(12,15)16)3-2-6-13-11/h2-3,6,9H,4-5,7-8H2,1H3,(H2,12,15,16). The summed E-state index contributed by atoms with van der Waals surface area (Å²) in [5, 5.41) is 5.20. The highest BCUT2D eigenvalue weighted by Crippen LogP contribution is 2.24. The Morgan fingerprint density at radius 3 is 2.67 bits per heavy atom. The van der Waals surface area contributed by atoms with Gasteiger partial charge in [0, 0.05) is 26.4 Å². The third-order valence-electron chi connectivity index (χ3n) is 3.13. The van der Waals surface area contributed by atoms with Crippen molar-refractivity contribution in [2.75, 3.05) is 25.1 Å². The molecular weight excluding hydrogens is 254 g/mol. The first-order valence-electron chi connectivity index (χ1n) is 5.78. The van der Waals surface area contributed by atoms with Crippen LogP contribution >= 0.6 is 0 Å². The molecule has 0 spiro atoms. The van der Waals surface area contributed by atoms with Crippen LogP contribution in [0.1, 0.15) is 12.8 Å². The predicted octanol–water partition coefficient (Wildman–Crippen LogP) is 0.344. The average molecular weight is 271 g/mol. The molecule has 1 fully saturated rings. The number of anilines is 1. The first-order valence-corrected chi connectivity index (χ1v) is 7.32. The Morgan fingerprint density at radius 2 is 2.11 bits per heavy atom. The Hall–Kier alpha value is -1.18. The fourth-order valence-electron chi connectivity index (χ4n) is 2.15. The summed E-state index contributed by atoms with van der Waals surface area (Å²) in [6.07, 6.45) is 3.53. The van der Waals surface area contributed by atoms with Crippen molar-refractivity contribution in [3.63, 3.8) is 0 Å². The minimum Gasteiger partial charge on any atom is -0.381 e. The number of methoxy groups -OCH3 is 1. The largest absolute Gasteiger partial charge is 0.381 e. The van der Waals surface area contributed by atoms with Crippen molar-refractivity contribution in [2.45, 2.75) is 23.8 Å². The van der Waals surface area contributed by atoms with Gasteiger partial charge in [0.15, 0.2) is 0 Å². The van der Waals surface area contributed by atoms with Crippen LogP contribution in [0.15, 0.2) is 23.2 Å². The van der Waals surface area contributed by atoms with Gasteiger partial charge in [-0.1, -0.05) is 0 Å². The van der Waals surface area contributed by atoms with E-state index in [0.29, 0.717) is 5.82 Å². The van der Waals surface area contributed by atoms with Crippen LogP contribution in [-0.4, -0.2) is 39.7 Å². The fourth-order valence-corrected chi connectivity index (χ4v) is 2.85. The van der Waals surface area contributed by atoms with Crippen molar-refractivity contribution in [2.24, 2.45) is 5.14 Å². The lowest BCUT2D eigenvalue weighted by molar-refractivity contribution is 0.0817. The van der Waals surface area contributed by atoms with E-state index in [9.17, 15) is 8.42 Å². The van der Waals surface area contributed by atoms with E-state index in [1.165, 1.54) is 6.07 Å². The molecule has 0 aliphatic carbocycles. The molecule has 1 aliphatic rings. The Bertz CT molecular complexity index is 510. The Labute approximate surface area is 107 Å². The number of rotatable bonds is 3. The van der Waals surface area contributed by atoms with E-state index in [1.807, 2.05) is 4.90 Å². The van der Waals surface area contributed by atoms with Crippen molar-refractivity contribution in [3.8, 4) is 0 Å². The molecular formula is C11H17N3O3S. The number of ether oxygens (including phenoxy) is 1. The van der Waals surface area contributed by atoms with Gasteiger partial charge < -0.3 is 9.64 Å². The van der Waals surface area contributed by atoms with E-state index >= 15 is 0 Å². The average Bonchev–Trinajstić information content (AvgIpc) is 2.38. The van der Waals surface area contributed by atoms with Gasteiger partial charge in [0.25, 0.3) is 0 Å². The Kier molecular flexibility index (Phi) is 3.84. The summed E-state index contributed by atoms with van der Waals surface area (Å²) >= 11 is 0. The molecule has 2 rings (SSSR count). The van der Waals surface area contributed by atoms with Crippen molar-refractivity contribution < 1.29 is 13.2 Å². The van der Waals surface area contributed by atoms with Gasteiger partial charge in [0.2, 0.25) is 10.0 Å². The van der Waals surface area contributed by atoms with Crippen LogP contribution in [0, 0.1) is 0 Å². The fraction of sp³-hybridized carbons (Fsp3) is 0.545. The predicted molar refractivity (Wildman–Crippen MR) is 67.9 cm³/mol. The van der Waals surface area contributed by atoms with Crippen LogP contribution in [0.5, 0.6) is 0 Å². The molecule has 0 radical (unpaired) electrons. The molecule has 100 valence electrons. The van der Waals surface area contributed by atoms with Gasteiger partial charge in [-0.25, -0.2) is 18.5 Å². The molecule has 0 bridgehead atoms. The molecule has 6 nitrogen and oxygen atoms in total. The summed E-state index contributed by atoms with van der Waals surface area (Å²) < 4.78 is 28.3. The van der Waals surface area contributed by atoms with Crippen LogP contribution in [0.3, 0.4) is 0 Å². The van der Waals surface area contributed by atoms with Crippen molar-refractivity contribution in [3.05, 3.63) is 18.3 Å². The Morgan fingerprint density at radius 1 is 1.44 bits per heavy atom. The lowest BCUT2D eigenvalue weighted by Gasteiger charge is -2.32. The van der Waals surface area contributed by atoms with Crippen LogP contribution in [0.2, 0.25) is 0 Å². The second-order valence-electron chi connectivity index (χ2n) is 4.29. The first kappa shape index (κ1) is 13.3. The molecule has 1 aliphatic heterocycles. The highest BCUT2D eigenvalue weighted by atomic mass is 32.2.